The monoisotopic (exact) mass is 286 g/mol. The van der Waals surface area contributed by atoms with E-state index in [0.717, 1.165) is 17.1 Å². The van der Waals surface area contributed by atoms with Crippen molar-refractivity contribution >= 4 is 23.3 Å². The van der Waals surface area contributed by atoms with E-state index in [1.165, 1.54) is 13.2 Å². The predicted octanol–water partition coefficient (Wildman–Crippen LogP) is 2.34. The number of nitrogens with zero attached hydrogens (tertiary/aromatic N) is 2. The molecule has 3 aromatic heterocycles. The van der Waals surface area contributed by atoms with Crippen LogP contribution in [0.4, 0.5) is 10.2 Å². The maximum absolute atomic E-state index is 13.4. The lowest BCUT2D eigenvalue weighted by Crippen LogP contribution is -1.96. The fourth-order valence-electron chi connectivity index (χ4n) is 2.15. The highest BCUT2D eigenvalue weighted by molar-refractivity contribution is 5.95. The fourth-order valence-corrected chi connectivity index (χ4v) is 2.15. The first kappa shape index (κ1) is 13.0. The molecule has 0 fully saturated rings. The number of carbonyl (C=O) groups excluding carboxylic acids is 1. The molecule has 1 amide bonds. The molecule has 3 heterocycles. The van der Waals surface area contributed by atoms with Crippen LogP contribution < -0.4 is 10.1 Å². The SMILES string of the molecule is COc1ncc(F)cc1-c1c[nH]c2nc(NC=O)ccc12. The Kier molecular flexibility index (Phi) is 3.23. The highest BCUT2D eigenvalue weighted by atomic mass is 19.1. The molecule has 0 spiro atoms. The first-order valence-electron chi connectivity index (χ1n) is 6.11. The number of ether oxygens (including phenoxy) is 1. The Hall–Kier alpha value is -2.96. The fraction of sp³-hybridized carbons (Fsp3) is 0.0714. The molecule has 0 aromatic carbocycles. The van der Waals surface area contributed by atoms with Gasteiger partial charge in [-0.25, -0.2) is 14.4 Å². The Morgan fingerprint density at radius 3 is 3.00 bits per heavy atom. The Balaban J connectivity index is 2.17. The number of halogens is 1. The topological polar surface area (TPSA) is 79.9 Å². The van der Waals surface area contributed by atoms with Crippen molar-refractivity contribution in [2.45, 2.75) is 0 Å². The van der Waals surface area contributed by atoms with Crippen LogP contribution in [0.25, 0.3) is 22.2 Å². The summed E-state index contributed by atoms with van der Waals surface area (Å²) in [5.41, 5.74) is 1.82. The van der Waals surface area contributed by atoms with Gasteiger partial charge in [-0.05, 0) is 18.2 Å². The molecule has 0 aliphatic heterocycles. The summed E-state index contributed by atoms with van der Waals surface area (Å²) in [5, 5.41) is 3.25. The zero-order valence-electron chi connectivity index (χ0n) is 11.1. The van der Waals surface area contributed by atoms with E-state index in [2.05, 4.69) is 20.3 Å². The van der Waals surface area contributed by atoms with E-state index < -0.39 is 5.82 Å². The number of aromatic nitrogens is 3. The molecule has 0 aliphatic carbocycles. The van der Waals surface area contributed by atoms with Gasteiger partial charge >= 0.3 is 0 Å². The third-order valence-corrected chi connectivity index (χ3v) is 3.05. The summed E-state index contributed by atoms with van der Waals surface area (Å²) in [5.74, 6) is 0.301. The Labute approximate surface area is 119 Å². The van der Waals surface area contributed by atoms with E-state index in [0.29, 0.717) is 29.3 Å². The Bertz CT molecular complexity index is 816. The number of rotatable bonds is 4. The van der Waals surface area contributed by atoms with Gasteiger partial charge in [0.25, 0.3) is 0 Å². The largest absolute Gasteiger partial charge is 0.481 e. The highest BCUT2D eigenvalue weighted by Crippen LogP contribution is 2.34. The van der Waals surface area contributed by atoms with Gasteiger partial charge in [0.2, 0.25) is 12.3 Å². The number of carbonyl (C=O) groups is 1. The van der Waals surface area contributed by atoms with E-state index >= 15 is 0 Å². The van der Waals surface area contributed by atoms with Gasteiger partial charge in [-0.1, -0.05) is 0 Å². The van der Waals surface area contributed by atoms with Gasteiger partial charge in [0.1, 0.15) is 17.3 Å². The molecule has 0 unspecified atom stereocenters. The van der Waals surface area contributed by atoms with Crippen LogP contribution in [0.5, 0.6) is 5.88 Å². The molecule has 2 N–H and O–H groups in total. The molecule has 0 saturated heterocycles. The summed E-state index contributed by atoms with van der Waals surface area (Å²) in [4.78, 5) is 21.6. The molecule has 3 rings (SSSR count). The average molecular weight is 286 g/mol. The van der Waals surface area contributed by atoms with E-state index in [4.69, 9.17) is 4.74 Å². The molecule has 0 bridgehead atoms. The lowest BCUT2D eigenvalue weighted by atomic mass is 10.1. The summed E-state index contributed by atoms with van der Waals surface area (Å²) in [7, 11) is 1.48. The zero-order valence-corrected chi connectivity index (χ0v) is 11.1. The third kappa shape index (κ3) is 2.29. The molecule has 3 aromatic rings. The summed E-state index contributed by atoms with van der Waals surface area (Å²) in [6.07, 6.45) is 3.35. The standard InChI is InChI=1S/C14H11FN4O2/c1-21-14-10(4-8(15)5-17-14)11-6-16-13-9(11)2-3-12(19-13)18-7-20/h2-7H,1H3,(H2,16,18,19,20). The van der Waals surface area contributed by atoms with E-state index in [-0.39, 0.29) is 0 Å². The van der Waals surface area contributed by atoms with Crippen molar-refractivity contribution in [3.8, 4) is 17.0 Å². The van der Waals surface area contributed by atoms with Crippen LogP contribution in [-0.4, -0.2) is 28.5 Å². The number of methoxy groups -OCH3 is 1. The van der Waals surface area contributed by atoms with Gasteiger partial charge in [0.15, 0.2) is 0 Å². The van der Waals surface area contributed by atoms with Crippen LogP contribution in [0.15, 0.2) is 30.6 Å². The van der Waals surface area contributed by atoms with Crippen molar-refractivity contribution in [3.63, 3.8) is 0 Å². The van der Waals surface area contributed by atoms with Gasteiger partial charge in [0.05, 0.1) is 13.3 Å². The number of aromatic amines is 1. The van der Waals surface area contributed by atoms with E-state index in [1.54, 1.807) is 18.3 Å². The second-order valence-electron chi connectivity index (χ2n) is 4.27. The highest BCUT2D eigenvalue weighted by Gasteiger charge is 2.14. The quantitative estimate of drug-likeness (QED) is 0.721. The molecule has 0 radical (unpaired) electrons. The van der Waals surface area contributed by atoms with Gasteiger partial charge < -0.3 is 15.0 Å². The van der Waals surface area contributed by atoms with Crippen LogP contribution in [0.3, 0.4) is 0 Å². The number of hydrogen-bond acceptors (Lipinski definition) is 4. The van der Waals surface area contributed by atoms with Crippen LogP contribution in [-0.2, 0) is 4.79 Å². The van der Waals surface area contributed by atoms with E-state index in [1.807, 2.05) is 0 Å². The Morgan fingerprint density at radius 2 is 2.24 bits per heavy atom. The van der Waals surface area contributed by atoms with E-state index in [9.17, 15) is 9.18 Å². The number of fused-ring (bicyclic) bond motifs is 1. The second kappa shape index (κ2) is 5.20. The first-order chi connectivity index (χ1) is 10.2. The van der Waals surface area contributed by atoms with Gasteiger partial charge in [-0.2, -0.15) is 0 Å². The van der Waals surface area contributed by atoms with Crippen LogP contribution in [0.1, 0.15) is 0 Å². The molecule has 7 heteroatoms. The number of hydrogen-bond donors (Lipinski definition) is 2. The third-order valence-electron chi connectivity index (χ3n) is 3.05. The smallest absolute Gasteiger partial charge is 0.221 e. The molecule has 6 nitrogen and oxygen atoms in total. The minimum atomic E-state index is -0.452. The molecule has 21 heavy (non-hydrogen) atoms. The lowest BCUT2D eigenvalue weighted by Gasteiger charge is -2.06. The number of anilines is 1. The zero-order chi connectivity index (χ0) is 14.8. The first-order valence-corrected chi connectivity index (χ1v) is 6.11. The summed E-state index contributed by atoms with van der Waals surface area (Å²) in [6, 6.07) is 4.80. The van der Waals surface area contributed by atoms with Crippen LogP contribution in [0, 0.1) is 5.82 Å². The maximum Gasteiger partial charge on any atom is 0.221 e. The maximum atomic E-state index is 13.4. The van der Waals surface area contributed by atoms with Crippen molar-refractivity contribution in [2.24, 2.45) is 0 Å². The van der Waals surface area contributed by atoms with Crippen molar-refractivity contribution in [1.82, 2.24) is 15.0 Å². The van der Waals surface area contributed by atoms with Gasteiger partial charge in [0, 0.05) is 22.7 Å². The molecular formula is C14H11FN4O2. The normalized spacial score (nSPS) is 10.6. The van der Waals surface area contributed by atoms with Crippen LogP contribution >= 0.6 is 0 Å². The number of amides is 1. The minimum absolute atomic E-state index is 0.326. The second-order valence-corrected chi connectivity index (χ2v) is 4.27. The lowest BCUT2D eigenvalue weighted by molar-refractivity contribution is -0.105. The summed E-state index contributed by atoms with van der Waals surface area (Å²) < 4.78 is 18.6. The minimum Gasteiger partial charge on any atom is -0.481 e. The number of pyridine rings is 2. The van der Waals surface area contributed by atoms with Crippen molar-refractivity contribution in [2.75, 3.05) is 12.4 Å². The van der Waals surface area contributed by atoms with Crippen LogP contribution in [0.2, 0.25) is 0 Å². The molecule has 0 atom stereocenters. The molecule has 0 saturated carbocycles. The van der Waals surface area contributed by atoms with Crippen molar-refractivity contribution < 1.29 is 13.9 Å². The summed E-state index contributed by atoms with van der Waals surface area (Å²) >= 11 is 0. The molecular weight excluding hydrogens is 275 g/mol. The number of nitrogens with one attached hydrogen (secondary N) is 2. The summed E-state index contributed by atoms with van der Waals surface area (Å²) in [6.45, 7) is 0. The Morgan fingerprint density at radius 1 is 1.38 bits per heavy atom. The van der Waals surface area contributed by atoms with Crippen molar-refractivity contribution in [3.05, 3.63) is 36.4 Å². The van der Waals surface area contributed by atoms with Gasteiger partial charge in [-0.15, -0.1) is 0 Å². The van der Waals surface area contributed by atoms with Gasteiger partial charge in [-0.3, -0.25) is 4.79 Å². The predicted molar refractivity (Wildman–Crippen MR) is 75.5 cm³/mol. The molecule has 0 aliphatic rings. The van der Waals surface area contributed by atoms with Crippen molar-refractivity contribution in [1.29, 1.82) is 0 Å². The molecule has 106 valence electrons. The average Bonchev–Trinajstić information content (AvgIpc) is 2.90. The number of H-pyrrole nitrogens is 1.